The largest absolute Gasteiger partial charge is 0.479 e. The Labute approximate surface area is 168 Å². The van der Waals surface area contributed by atoms with E-state index < -0.39 is 11.9 Å². The number of nitrogens with zero attached hydrogens (tertiary/aromatic N) is 5. The van der Waals surface area contributed by atoms with Gasteiger partial charge in [-0.05, 0) is 13.0 Å². The lowest BCUT2D eigenvalue weighted by molar-refractivity contribution is 0.0696. The molecular formula is C18H16N6O4S. The molecule has 0 aliphatic carbocycles. The summed E-state index contributed by atoms with van der Waals surface area (Å²) in [4.78, 5) is 29.5. The summed E-state index contributed by atoms with van der Waals surface area (Å²) in [5, 5.41) is 20.3. The minimum atomic E-state index is -1.12. The van der Waals surface area contributed by atoms with Gasteiger partial charge in [-0.3, -0.25) is 14.5 Å². The van der Waals surface area contributed by atoms with Gasteiger partial charge in [0.05, 0.1) is 46.3 Å². The second-order valence-corrected chi connectivity index (χ2v) is 7.28. The Morgan fingerprint density at radius 3 is 2.79 bits per heavy atom. The SMILES string of the molecule is COc1nn(C)cc1-c1cn2ncc(C(=O)Nc3cc(C(=O)O)cnc3C)c2s1. The minimum absolute atomic E-state index is 0.00636. The maximum atomic E-state index is 12.8. The fourth-order valence-corrected chi connectivity index (χ4v) is 3.88. The maximum Gasteiger partial charge on any atom is 0.337 e. The number of aromatic nitrogens is 5. The van der Waals surface area contributed by atoms with Crippen LogP contribution in [0.25, 0.3) is 15.3 Å². The number of aryl methyl sites for hydroxylation is 2. The first-order valence-corrected chi connectivity index (χ1v) is 9.25. The molecule has 0 radical (unpaired) electrons. The van der Waals surface area contributed by atoms with Gasteiger partial charge in [-0.25, -0.2) is 9.31 Å². The van der Waals surface area contributed by atoms with Crippen LogP contribution < -0.4 is 10.1 Å². The van der Waals surface area contributed by atoms with E-state index in [-0.39, 0.29) is 5.56 Å². The molecule has 148 valence electrons. The normalized spacial score (nSPS) is 11.0. The van der Waals surface area contributed by atoms with Gasteiger partial charge in [0, 0.05) is 25.6 Å². The van der Waals surface area contributed by atoms with Gasteiger partial charge in [0.1, 0.15) is 4.83 Å². The highest BCUT2D eigenvalue weighted by atomic mass is 32.1. The summed E-state index contributed by atoms with van der Waals surface area (Å²) >= 11 is 1.37. The standard InChI is InChI=1S/C18H16N6O4S/c1-9-13(4-10(5-19-9)18(26)27)21-15(25)11-6-20-24-8-14(29-17(11)24)12-7-23(2)22-16(12)28-3/h4-8H,1-3H3,(H,21,25)(H,26,27). The zero-order valence-corrected chi connectivity index (χ0v) is 16.5. The first kappa shape index (κ1) is 18.6. The number of hydrogen-bond donors (Lipinski definition) is 2. The van der Waals surface area contributed by atoms with E-state index in [1.165, 1.54) is 29.8 Å². The minimum Gasteiger partial charge on any atom is -0.479 e. The Kier molecular flexibility index (Phi) is 4.51. The molecule has 0 atom stereocenters. The molecular weight excluding hydrogens is 396 g/mol. The second-order valence-electron chi connectivity index (χ2n) is 6.25. The lowest BCUT2D eigenvalue weighted by atomic mass is 10.2. The number of thiazole rings is 1. The first-order valence-electron chi connectivity index (χ1n) is 8.44. The fourth-order valence-electron chi connectivity index (χ4n) is 2.82. The molecule has 0 bridgehead atoms. The molecule has 4 rings (SSSR count). The lowest BCUT2D eigenvalue weighted by Crippen LogP contribution is -2.13. The van der Waals surface area contributed by atoms with Crippen LogP contribution in [0.15, 0.2) is 30.9 Å². The van der Waals surface area contributed by atoms with E-state index in [0.29, 0.717) is 27.7 Å². The van der Waals surface area contributed by atoms with E-state index >= 15 is 0 Å². The van der Waals surface area contributed by atoms with Crippen molar-refractivity contribution in [1.82, 2.24) is 24.4 Å². The van der Waals surface area contributed by atoms with Crippen molar-refractivity contribution in [3.05, 3.63) is 47.7 Å². The van der Waals surface area contributed by atoms with E-state index in [1.807, 2.05) is 6.20 Å². The van der Waals surface area contributed by atoms with Crippen LogP contribution in [0.4, 0.5) is 5.69 Å². The highest BCUT2D eigenvalue weighted by Gasteiger charge is 2.20. The molecule has 0 saturated carbocycles. The number of carbonyl (C=O) groups is 2. The van der Waals surface area contributed by atoms with Crippen molar-refractivity contribution in [3.8, 4) is 16.3 Å². The van der Waals surface area contributed by atoms with E-state index in [2.05, 4.69) is 20.5 Å². The monoisotopic (exact) mass is 412 g/mol. The average Bonchev–Trinajstić information content (AvgIpc) is 3.36. The molecule has 2 N–H and O–H groups in total. The van der Waals surface area contributed by atoms with Gasteiger partial charge in [-0.1, -0.05) is 0 Å². The molecule has 1 amide bonds. The summed E-state index contributed by atoms with van der Waals surface area (Å²) in [5.41, 5.74) is 2.00. The van der Waals surface area contributed by atoms with Crippen molar-refractivity contribution in [1.29, 1.82) is 0 Å². The van der Waals surface area contributed by atoms with E-state index in [4.69, 9.17) is 9.84 Å². The third-order valence-electron chi connectivity index (χ3n) is 4.28. The van der Waals surface area contributed by atoms with Gasteiger partial charge in [0.15, 0.2) is 0 Å². The summed E-state index contributed by atoms with van der Waals surface area (Å²) in [5.74, 6) is -1.04. The molecule has 10 nitrogen and oxygen atoms in total. The third-order valence-corrected chi connectivity index (χ3v) is 5.42. The maximum absolute atomic E-state index is 12.8. The Balaban J connectivity index is 1.68. The summed E-state index contributed by atoms with van der Waals surface area (Å²) < 4.78 is 8.56. The number of anilines is 1. The van der Waals surface area contributed by atoms with Crippen LogP contribution in [-0.2, 0) is 7.05 Å². The van der Waals surface area contributed by atoms with Crippen LogP contribution in [0.5, 0.6) is 5.88 Å². The van der Waals surface area contributed by atoms with Crippen molar-refractivity contribution in [2.45, 2.75) is 6.92 Å². The lowest BCUT2D eigenvalue weighted by Gasteiger charge is -2.07. The topological polar surface area (TPSA) is 124 Å². The third kappa shape index (κ3) is 3.31. The van der Waals surface area contributed by atoms with Gasteiger partial charge in [-0.15, -0.1) is 16.4 Å². The van der Waals surface area contributed by atoms with Crippen molar-refractivity contribution in [2.75, 3.05) is 12.4 Å². The van der Waals surface area contributed by atoms with Crippen molar-refractivity contribution < 1.29 is 19.4 Å². The van der Waals surface area contributed by atoms with Crippen LogP contribution >= 0.6 is 11.3 Å². The molecule has 29 heavy (non-hydrogen) atoms. The smallest absolute Gasteiger partial charge is 0.337 e. The summed E-state index contributed by atoms with van der Waals surface area (Å²) in [6, 6.07) is 1.38. The van der Waals surface area contributed by atoms with E-state index in [1.54, 1.807) is 36.5 Å². The Morgan fingerprint density at radius 1 is 1.28 bits per heavy atom. The van der Waals surface area contributed by atoms with Crippen molar-refractivity contribution in [3.63, 3.8) is 0 Å². The molecule has 0 unspecified atom stereocenters. The average molecular weight is 412 g/mol. The highest BCUT2D eigenvalue weighted by molar-refractivity contribution is 7.21. The molecule has 0 aliphatic rings. The number of methoxy groups -OCH3 is 1. The number of carbonyl (C=O) groups excluding carboxylic acids is 1. The quantitative estimate of drug-likeness (QED) is 0.516. The van der Waals surface area contributed by atoms with Gasteiger partial charge in [-0.2, -0.15) is 5.10 Å². The molecule has 0 aromatic carbocycles. The molecule has 4 aromatic heterocycles. The zero-order chi connectivity index (χ0) is 20.7. The summed E-state index contributed by atoms with van der Waals surface area (Å²) in [7, 11) is 3.34. The van der Waals surface area contributed by atoms with Crippen molar-refractivity contribution in [2.24, 2.45) is 7.05 Å². The van der Waals surface area contributed by atoms with Crippen LogP contribution in [0, 0.1) is 6.92 Å². The Bertz CT molecular complexity index is 1250. The molecule has 0 aliphatic heterocycles. The molecule has 0 fully saturated rings. The van der Waals surface area contributed by atoms with Crippen LogP contribution in [0.2, 0.25) is 0 Å². The number of nitrogens with one attached hydrogen (secondary N) is 1. The number of rotatable bonds is 5. The van der Waals surface area contributed by atoms with Gasteiger partial charge >= 0.3 is 5.97 Å². The zero-order valence-electron chi connectivity index (χ0n) is 15.7. The van der Waals surface area contributed by atoms with Crippen LogP contribution in [0.1, 0.15) is 26.4 Å². The van der Waals surface area contributed by atoms with Crippen molar-refractivity contribution >= 4 is 33.7 Å². The number of aromatic carboxylic acids is 1. The molecule has 4 aromatic rings. The molecule has 4 heterocycles. The Hall–Kier alpha value is -3.73. The predicted molar refractivity (Wildman–Crippen MR) is 106 cm³/mol. The number of fused-ring (bicyclic) bond motifs is 1. The highest BCUT2D eigenvalue weighted by Crippen LogP contribution is 2.35. The van der Waals surface area contributed by atoms with Crippen LogP contribution in [0.3, 0.4) is 0 Å². The predicted octanol–water partition coefficient (Wildman–Crippen LogP) is 2.46. The Morgan fingerprint density at radius 2 is 2.07 bits per heavy atom. The number of pyridine rings is 1. The first-order chi connectivity index (χ1) is 13.9. The van der Waals surface area contributed by atoms with E-state index in [9.17, 15) is 9.59 Å². The number of amides is 1. The number of carboxylic acid groups (broad SMARTS) is 1. The molecule has 0 saturated heterocycles. The van der Waals surface area contributed by atoms with Gasteiger partial charge < -0.3 is 15.2 Å². The summed E-state index contributed by atoms with van der Waals surface area (Å²) in [6.45, 7) is 1.69. The van der Waals surface area contributed by atoms with E-state index in [0.717, 1.165) is 10.4 Å². The number of ether oxygens (including phenoxy) is 1. The number of hydrogen-bond acceptors (Lipinski definition) is 7. The van der Waals surface area contributed by atoms with Gasteiger partial charge in [0.25, 0.3) is 5.91 Å². The molecule has 11 heteroatoms. The second kappa shape index (κ2) is 7.02. The molecule has 0 spiro atoms. The van der Waals surface area contributed by atoms with Gasteiger partial charge in [0.2, 0.25) is 5.88 Å². The summed E-state index contributed by atoms with van der Waals surface area (Å²) in [6.07, 6.45) is 6.35. The van der Waals surface area contributed by atoms with Crippen LogP contribution in [-0.4, -0.2) is 48.5 Å². The fraction of sp³-hybridized carbons (Fsp3) is 0.167. The number of carboxylic acids is 1.